The zero-order valence-corrected chi connectivity index (χ0v) is 37.6. The monoisotopic (exact) mass is 825 g/mol. The molecule has 342 valence electrons. The van der Waals surface area contributed by atoms with Crippen LogP contribution in [0.15, 0.2) is 24.3 Å². The summed E-state index contributed by atoms with van der Waals surface area (Å²) >= 11 is 0. The summed E-state index contributed by atoms with van der Waals surface area (Å²) in [6.07, 6.45) is 40.6. The second kappa shape index (κ2) is 41.0. The summed E-state index contributed by atoms with van der Waals surface area (Å²) in [6, 6.07) is 0. The standard InChI is InChI=1S/C49H92O9/c1-3-5-7-9-11-13-15-17-19-21-22-23-24-26-28-30-32-34-36-38-45(51)57-43(42-56-49-48(54)47(53)46(52)44(40-50)58-49)41-55-39-37-35-33-31-29-27-25-20-18-16-14-12-10-8-6-4-2/h12,14,18,20,43-44,46-50,52-54H,3-11,13,15-17,19,21-42H2,1-2H3/b14-12-,20-18-. The Morgan fingerprint density at radius 3 is 1.52 bits per heavy atom. The fraction of sp³-hybridized carbons (Fsp3) is 0.898. The number of unbranched alkanes of at least 4 members (excludes halogenated alkanes) is 27. The number of aliphatic hydroxyl groups is 4. The lowest BCUT2D eigenvalue weighted by atomic mass is 9.99. The Bertz CT molecular complexity index is 941. The summed E-state index contributed by atoms with van der Waals surface area (Å²) in [5.74, 6) is -0.313. The molecule has 0 aromatic rings. The van der Waals surface area contributed by atoms with Crippen molar-refractivity contribution in [2.45, 2.75) is 256 Å². The van der Waals surface area contributed by atoms with Crippen molar-refractivity contribution in [2.24, 2.45) is 0 Å². The lowest BCUT2D eigenvalue weighted by Crippen LogP contribution is -2.59. The van der Waals surface area contributed by atoms with Crippen molar-refractivity contribution >= 4 is 5.97 Å². The number of esters is 1. The molecular formula is C49H92O9. The van der Waals surface area contributed by atoms with Crippen LogP contribution in [0.2, 0.25) is 0 Å². The van der Waals surface area contributed by atoms with Gasteiger partial charge in [-0.05, 0) is 44.9 Å². The van der Waals surface area contributed by atoms with E-state index in [4.69, 9.17) is 18.9 Å². The van der Waals surface area contributed by atoms with Crippen molar-refractivity contribution < 1.29 is 44.2 Å². The quantitative estimate of drug-likeness (QED) is 0.0269. The number of hydrogen-bond donors (Lipinski definition) is 4. The second-order valence-electron chi connectivity index (χ2n) is 16.9. The molecule has 1 saturated heterocycles. The van der Waals surface area contributed by atoms with Gasteiger partial charge in [-0.25, -0.2) is 0 Å². The molecule has 1 aliphatic rings. The fourth-order valence-electron chi connectivity index (χ4n) is 7.52. The largest absolute Gasteiger partial charge is 0.457 e. The van der Waals surface area contributed by atoms with E-state index in [-0.39, 0.29) is 19.2 Å². The van der Waals surface area contributed by atoms with Gasteiger partial charge in [-0.3, -0.25) is 4.79 Å². The molecule has 0 aliphatic carbocycles. The van der Waals surface area contributed by atoms with Gasteiger partial charge in [0.25, 0.3) is 0 Å². The van der Waals surface area contributed by atoms with E-state index < -0.39 is 43.4 Å². The van der Waals surface area contributed by atoms with Gasteiger partial charge in [0.2, 0.25) is 0 Å². The van der Waals surface area contributed by atoms with Gasteiger partial charge in [-0.2, -0.15) is 0 Å². The minimum absolute atomic E-state index is 0.114. The molecule has 6 unspecified atom stereocenters. The topological polar surface area (TPSA) is 135 Å². The number of carbonyl (C=O) groups is 1. The molecule has 58 heavy (non-hydrogen) atoms. The molecule has 1 fully saturated rings. The maximum Gasteiger partial charge on any atom is 0.306 e. The minimum Gasteiger partial charge on any atom is -0.457 e. The molecular weight excluding hydrogens is 733 g/mol. The van der Waals surface area contributed by atoms with Crippen molar-refractivity contribution in [3.63, 3.8) is 0 Å². The summed E-state index contributed by atoms with van der Waals surface area (Å²) in [4.78, 5) is 12.8. The van der Waals surface area contributed by atoms with Crippen LogP contribution in [0.5, 0.6) is 0 Å². The minimum atomic E-state index is -1.54. The number of rotatable bonds is 42. The predicted octanol–water partition coefficient (Wildman–Crippen LogP) is 11.4. The Morgan fingerprint density at radius 2 is 1.00 bits per heavy atom. The maximum atomic E-state index is 12.8. The number of aliphatic hydroxyl groups excluding tert-OH is 4. The molecule has 0 aromatic heterocycles. The van der Waals surface area contributed by atoms with Gasteiger partial charge in [0.15, 0.2) is 6.29 Å². The first-order valence-electron chi connectivity index (χ1n) is 24.4. The van der Waals surface area contributed by atoms with Crippen molar-refractivity contribution in [3.8, 4) is 0 Å². The zero-order valence-electron chi connectivity index (χ0n) is 37.6. The lowest BCUT2D eigenvalue weighted by molar-refractivity contribution is -0.305. The second-order valence-corrected chi connectivity index (χ2v) is 16.9. The zero-order chi connectivity index (χ0) is 42.2. The molecule has 0 amide bonds. The van der Waals surface area contributed by atoms with Crippen molar-refractivity contribution in [3.05, 3.63) is 24.3 Å². The van der Waals surface area contributed by atoms with Gasteiger partial charge in [-0.1, -0.05) is 192 Å². The summed E-state index contributed by atoms with van der Waals surface area (Å²) in [6.45, 7) is 4.54. The lowest BCUT2D eigenvalue weighted by Gasteiger charge is -2.39. The highest BCUT2D eigenvalue weighted by atomic mass is 16.7. The molecule has 1 aliphatic heterocycles. The van der Waals surface area contributed by atoms with Gasteiger partial charge in [0.05, 0.1) is 19.8 Å². The molecule has 0 saturated carbocycles. The molecule has 0 radical (unpaired) electrons. The van der Waals surface area contributed by atoms with Crippen LogP contribution in [0.4, 0.5) is 0 Å². The molecule has 1 rings (SSSR count). The molecule has 1 heterocycles. The Kier molecular flexibility index (Phi) is 38.7. The van der Waals surface area contributed by atoms with Crippen LogP contribution in [0.25, 0.3) is 0 Å². The summed E-state index contributed by atoms with van der Waals surface area (Å²) < 4.78 is 22.9. The normalized spacial score (nSPS) is 20.4. The summed E-state index contributed by atoms with van der Waals surface area (Å²) in [5.41, 5.74) is 0. The van der Waals surface area contributed by atoms with Crippen LogP contribution in [0.1, 0.15) is 219 Å². The van der Waals surface area contributed by atoms with Crippen LogP contribution >= 0.6 is 0 Å². The molecule has 9 heteroatoms. The van der Waals surface area contributed by atoms with Crippen LogP contribution in [0, 0.1) is 0 Å². The van der Waals surface area contributed by atoms with Gasteiger partial charge < -0.3 is 39.4 Å². The third-order valence-electron chi connectivity index (χ3n) is 11.4. The third-order valence-corrected chi connectivity index (χ3v) is 11.4. The van der Waals surface area contributed by atoms with Crippen molar-refractivity contribution in [1.82, 2.24) is 0 Å². The van der Waals surface area contributed by atoms with Gasteiger partial charge in [0, 0.05) is 13.0 Å². The Balaban J connectivity index is 2.22. The van der Waals surface area contributed by atoms with E-state index in [1.807, 2.05) is 0 Å². The van der Waals surface area contributed by atoms with Crippen LogP contribution in [-0.2, 0) is 23.7 Å². The van der Waals surface area contributed by atoms with E-state index in [0.29, 0.717) is 13.0 Å². The Labute approximate surface area is 356 Å². The van der Waals surface area contributed by atoms with Crippen LogP contribution in [-0.4, -0.2) is 89.6 Å². The molecule has 4 N–H and O–H groups in total. The molecule has 0 bridgehead atoms. The first-order chi connectivity index (χ1) is 28.4. The number of carbonyl (C=O) groups excluding carboxylic acids is 1. The van der Waals surface area contributed by atoms with Gasteiger partial charge in [0.1, 0.15) is 30.5 Å². The van der Waals surface area contributed by atoms with Crippen LogP contribution in [0.3, 0.4) is 0 Å². The molecule has 0 spiro atoms. The Morgan fingerprint density at radius 1 is 0.552 bits per heavy atom. The number of ether oxygens (including phenoxy) is 4. The number of hydrogen-bond acceptors (Lipinski definition) is 9. The molecule has 0 aromatic carbocycles. The van der Waals surface area contributed by atoms with E-state index in [9.17, 15) is 25.2 Å². The summed E-state index contributed by atoms with van der Waals surface area (Å²) in [5, 5.41) is 40.2. The van der Waals surface area contributed by atoms with E-state index in [0.717, 1.165) is 51.4 Å². The first kappa shape index (κ1) is 54.7. The van der Waals surface area contributed by atoms with E-state index in [1.54, 1.807) is 0 Å². The smallest absolute Gasteiger partial charge is 0.306 e. The third kappa shape index (κ3) is 31.5. The Hall–Kier alpha value is -1.33. The summed E-state index contributed by atoms with van der Waals surface area (Å²) in [7, 11) is 0. The highest BCUT2D eigenvalue weighted by molar-refractivity contribution is 5.69. The fourth-order valence-corrected chi connectivity index (χ4v) is 7.52. The first-order valence-corrected chi connectivity index (χ1v) is 24.4. The predicted molar refractivity (Wildman–Crippen MR) is 238 cm³/mol. The highest BCUT2D eigenvalue weighted by Crippen LogP contribution is 2.23. The SMILES string of the molecule is CCCCC/C=C\C/C=C\CCCCCCCCOCC(COC1OC(CO)C(O)C(O)C1O)OC(=O)CCCCCCCCCCCCCCCCCCCCC. The van der Waals surface area contributed by atoms with E-state index in [2.05, 4.69) is 38.2 Å². The van der Waals surface area contributed by atoms with E-state index >= 15 is 0 Å². The maximum absolute atomic E-state index is 12.8. The highest BCUT2D eigenvalue weighted by Gasteiger charge is 2.44. The van der Waals surface area contributed by atoms with Gasteiger partial charge >= 0.3 is 5.97 Å². The van der Waals surface area contributed by atoms with Gasteiger partial charge in [-0.15, -0.1) is 0 Å². The van der Waals surface area contributed by atoms with Crippen LogP contribution < -0.4 is 0 Å². The number of allylic oxidation sites excluding steroid dienone is 4. The van der Waals surface area contributed by atoms with Crippen molar-refractivity contribution in [1.29, 1.82) is 0 Å². The average molecular weight is 825 g/mol. The van der Waals surface area contributed by atoms with Crippen molar-refractivity contribution in [2.75, 3.05) is 26.4 Å². The molecule has 9 nitrogen and oxygen atoms in total. The average Bonchev–Trinajstić information content (AvgIpc) is 3.22. The molecule has 6 atom stereocenters. The van der Waals surface area contributed by atoms with E-state index in [1.165, 1.54) is 148 Å².